The van der Waals surface area contributed by atoms with Crippen molar-refractivity contribution in [1.29, 1.82) is 5.26 Å². The van der Waals surface area contributed by atoms with E-state index in [0.717, 1.165) is 27.4 Å². The van der Waals surface area contributed by atoms with Crippen LogP contribution in [0.15, 0.2) is 67.0 Å². The maximum atomic E-state index is 10.0. The van der Waals surface area contributed by atoms with E-state index in [9.17, 15) is 5.26 Å². The quantitative estimate of drug-likeness (QED) is 0.231. The minimum absolute atomic E-state index is 0.00598. The van der Waals surface area contributed by atoms with Crippen molar-refractivity contribution in [2.24, 2.45) is 7.05 Å². The molecule has 0 saturated heterocycles. The second-order valence-electron chi connectivity index (χ2n) is 9.58. The molecule has 0 fully saturated rings. The number of hydrogen-bond acceptors (Lipinski definition) is 2. The first-order valence-corrected chi connectivity index (χ1v) is 10.9. The topological polar surface area (TPSA) is 40.6 Å². The van der Waals surface area contributed by atoms with Gasteiger partial charge in [-0.05, 0) is 56.7 Å². The molecule has 5 aromatic rings. The van der Waals surface area contributed by atoms with Gasteiger partial charge in [0.25, 0.3) is 6.33 Å². The molecule has 0 radical (unpaired) electrons. The number of fused-ring (bicyclic) bond motifs is 3. The number of hydrogen-bond donors (Lipinski definition) is 0. The van der Waals surface area contributed by atoms with E-state index in [4.69, 9.17) is 4.98 Å². The van der Waals surface area contributed by atoms with E-state index in [2.05, 4.69) is 80.8 Å². The molecule has 0 bridgehead atoms. The van der Waals surface area contributed by atoms with Gasteiger partial charge in [-0.3, -0.25) is 0 Å². The highest BCUT2D eigenvalue weighted by Gasteiger charge is 2.25. The van der Waals surface area contributed by atoms with Crippen LogP contribution < -0.4 is 4.57 Å². The van der Waals surface area contributed by atoms with Gasteiger partial charge in [0.15, 0.2) is 0 Å². The van der Waals surface area contributed by atoms with Crippen LogP contribution in [0.3, 0.4) is 0 Å². The molecule has 0 unspecified atom stereocenters. The fraction of sp³-hybridized carbons (Fsp3) is 0.207. The van der Waals surface area contributed by atoms with Gasteiger partial charge in [0.05, 0.1) is 12.4 Å². The minimum Gasteiger partial charge on any atom is -0.232 e. The molecule has 1 aromatic heterocycles. The Morgan fingerprint density at radius 2 is 1.53 bits per heavy atom. The zero-order valence-corrected chi connectivity index (χ0v) is 19.2. The molecule has 0 spiro atoms. The van der Waals surface area contributed by atoms with Crippen LogP contribution in [0.2, 0.25) is 0 Å². The van der Waals surface area contributed by atoms with Gasteiger partial charge in [-0.25, -0.2) is 4.57 Å². The first kappa shape index (κ1) is 20.2. The predicted molar refractivity (Wildman–Crippen MR) is 132 cm³/mol. The lowest BCUT2D eigenvalue weighted by atomic mass is 9.80. The molecule has 0 atom stereocenters. The summed E-state index contributed by atoms with van der Waals surface area (Å²) in [6.07, 6.45) is 1.83. The Kier molecular flexibility index (Phi) is 4.50. The summed E-state index contributed by atoms with van der Waals surface area (Å²) in [5.41, 5.74) is 6.21. The summed E-state index contributed by atoms with van der Waals surface area (Å²) in [6.45, 7) is 8.99. The van der Waals surface area contributed by atoms with Gasteiger partial charge in [-0.1, -0.05) is 69.3 Å². The van der Waals surface area contributed by atoms with Gasteiger partial charge in [0.2, 0.25) is 5.52 Å². The zero-order chi connectivity index (χ0) is 22.6. The van der Waals surface area contributed by atoms with Crippen LogP contribution in [0.1, 0.15) is 37.5 Å². The molecule has 156 valence electrons. The largest absolute Gasteiger partial charge is 0.287 e. The monoisotopic (exact) mass is 416 g/mol. The van der Waals surface area contributed by atoms with Crippen LogP contribution in [-0.2, 0) is 12.5 Å². The summed E-state index contributed by atoms with van der Waals surface area (Å²) < 4.78 is 2.09. The lowest BCUT2D eigenvalue weighted by Gasteiger charge is -2.24. The third-order valence-electron chi connectivity index (χ3n) is 6.48. The highest BCUT2D eigenvalue weighted by Crippen LogP contribution is 2.39. The molecule has 1 heterocycles. The van der Waals surface area contributed by atoms with E-state index in [1.807, 2.05) is 31.6 Å². The highest BCUT2D eigenvalue weighted by atomic mass is 15.0. The van der Waals surface area contributed by atoms with Crippen LogP contribution in [0.4, 0.5) is 0 Å². The third kappa shape index (κ3) is 2.95. The Morgan fingerprint density at radius 3 is 2.22 bits per heavy atom. The molecule has 3 heteroatoms. The summed E-state index contributed by atoms with van der Waals surface area (Å²) in [7, 11) is 2.04. The van der Waals surface area contributed by atoms with Crippen molar-refractivity contribution in [2.75, 3.05) is 0 Å². The van der Waals surface area contributed by atoms with Gasteiger partial charge >= 0.3 is 0 Å². The van der Waals surface area contributed by atoms with Crippen molar-refractivity contribution in [3.63, 3.8) is 0 Å². The number of rotatable bonds is 1. The van der Waals surface area contributed by atoms with Crippen LogP contribution in [0, 0.1) is 18.3 Å². The maximum absolute atomic E-state index is 10.0. The van der Waals surface area contributed by atoms with E-state index >= 15 is 0 Å². The van der Waals surface area contributed by atoms with Crippen LogP contribution in [0.5, 0.6) is 0 Å². The molecule has 0 aliphatic heterocycles. The van der Waals surface area contributed by atoms with Crippen molar-refractivity contribution < 1.29 is 4.57 Å². The summed E-state index contributed by atoms with van der Waals surface area (Å²) in [4.78, 5) is 4.69. The second kappa shape index (κ2) is 7.14. The molecule has 0 N–H and O–H groups in total. The van der Waals surface area contributed by atoms with E-state index in [0.29, 0.717) is 5.56 Å². The molecular weight excluding hydrogens is 390 g/mol. The Balaban J connectivity index is 1.99. The number of benzene rings is 4. The number of nitrogens with zero attached hydrogens (tertiary/aromatic N) is 3. The van der Waals surface area contributed by atoms with Crippen molar-refractivity contribution in [3.8, 4) is 17.3 Å². The lowest BCUT2D eigenvalue weighted by molar-refractivity contribution is -0.662. The third-order valence-corrected chi connectivity index (χ3v) is 6.48. The summed E-state index contributed by atoms with van der Waals surface area (Å²) >= 11 is 0. The fourth-order valence-electron chi connectivity index (χ4n) is 4.88. The second-order valence-corrected chi connectivity index (χ2v) is 9.58. The molecule has 4 aromatic carbocycles. The van der Waals surface area contributed by atoms with E-state index in [1.54, 1.807) is 0 Å². The van der Waals surface area contributed by atoms with Crippen LogP contribution >= 0.6 is 0 Å². The molecule has 3 nitrogen and oxygen atoms in total. The first-order chi connectivity index (χ1) is 15.3. The SMILES string of the molecule is Cc1c(-c2c3cc4ccccc4c(C#N)c3nc[n+]2C)cc(C(C)(C)C)c2ccccc12. The average molecular weight is 417 g/mol. The summed E-state index contributed by atoms with van der Waals surface area (Å²) in [6, 6.07) is 23.7. The minimum atomic E-state index is -0.00598. The molecule has 0 saturated carbocycles. The van der Waals surface area contributed by atoms with Crippen molar-refractivity contribution in [2.45, 2.75) is 33.1 Å². The van der Waals surface area contributed by atoms with E-state index in [-0.39, 0.29) is 5.41 Å². The normalized spacial score (nSPS) is 11.9. The molecule has 0 aliphatic carbocycles. The Morgan fingerprint density at radius 1 is 0.875 bits per heavy atom. The van der Waals surface area contributed by atoms with Gasteiger partial charge in [-0.15, -0.1) is 0 Å². The first-order valence-electron chi connectivity index (χ1n) is 10.9. The maximum Gasteiger partial charge on any atom is 0.287 e. The zero-order valence-electron chi connectivity index (χ0n) is 19.2. The van der Waals surface area contributed by atoms with Gasteiger partial charge < -0.3 is 0 Å². The van der Waals surface area contributed by atoms with Crippen molar-refractivity contribution in [1.82, 2.24) is 4.98 Å². The predicted octanol–water partition coefficient (Wildman–Crippen LogP) is 6.51. The van der Waals surface area contributed by atoms with Crippen LogP contribution in [0.25, 0.3) is 43.7 Å². The molecule has 0 amide bonds. The van der Waals surface area contributed by atoms with Crippen LogP contribution in [-0.4, -0.2) is 4.98 Å². The average Bonchev–Trinajstić information content (AvgIpc) is 2.77. The Bertz CT molecular complexity index is 1580. The van der Waals surface area contributed by atoms with Gasteiger partial charge in [0.1, 0.15) is 17.3 Å². The Labute approximate surface area is 188 Å². The highest BCUT2D eigenvalue weighted by molar-refractivity contribution is 6.07. The Hall–Kier alpha value is -3.77. The number of aryl methyl sites for hydroxylation is 2. The number of aromatic nitrogens is 2. The fourth-order valence-corrected chi connectivity index (χ4v) is 4.88. The summed E-state index contributed by atoms with van der Waals surface area (Å²) in [5.74, 6) is 0. The standard InChI is InChI=1S/C29H26N3/c1-18-20-11-8-9-13-22(20)26(29(2,3)4)15-23(18)28-24-14-19-10-6-7-12-21(19)25(16-30)27(24)31-17-32(28)5/h6-15,17H,1-5H3/q+1. The van der Waals surface area contributed by atoms with Gasteiger partial charge in [-0.2, -0.15) is 5.26 Å². The smallest absolute Gasteiger partial charge is 0.232 e. The summed E-state index contributed by atoms with van der Waals surface area (Å²) in [5, 5.41) is 15.6. The van der Waals surface area contributed by atoms with Crippen molar-refractivity contribution >= 4 is 32.4 Å². The molecule has 5 rings (SSSR count). The molecule has 0 aliphatic rings. The number of nitriles is 1. The molecular formula is C29H26N3+. The van der Waals surface area contributed by atoms with E-state index in [1.165, 1.54) is 27.5 Å². The molecule has 32 heavy (non-hydrogen) atoms. The van der Waals surface area contributed by atoms with E-state index < -0.39 is 0 Å². The van der Waals surface area contributed by atoms with Gasteiger partial charge in [0, 0.05) is 10.9 Å². The van der Waals surface area contributed by atoms with Crippen molar-refractivity contribution in [3.05, 3.63) is 83.7 Å². The lowest BCUT2D eigenvalue weighted by Crippen LogP contribution is -2.32.